The van der Waals surface area contributed by atoms with Gasteiger partial charge in [0.05, 0.1) is 0 Å². The predicted octanol–water partition coefficient (Wildman–Crippen LogP) is 3.85. The zero-order valence-electron chi connectivity index (χ0n) is 17.3. The van der Waals surface area contributed by atoms with Gasteiger partial charge >= 0.3 is 0 Å². The fraction of sp³-hybridized carbons (Fsp3) is 0.231. The minimum absolute atomic E-state index is 0.00958. The maximum absolute atomic E-state index is 13.1. The van der Waals surface area contributed by atoms with Gasteiger partial charge < -0.3 is 14.5 Å². The fourth-order valence-corrected chi connectivity index (χ4v) is 4.45. The molecule has 5 rings (SSSR count). The van der Waals surface area contributed by atoms with E-state index in [9.17, 15) is 9.59 Å². The molecular weight excluding hydrogens is 388 g/mol. The van der Waals surface area contributed by atoms with Gasteiger partial charge in [-0.15, -0.1) is 0 Å². The van der Waals surface area contributed by atoms with Crippen molar-refractivity contribution in [1.29, 1.82) is 0 Å². The van der Waals surface area contributed by atoms with E-state index in [2.05, 4.69) is 6.07 Å². The minimum Gasteiger partial charge on any atom is -0.483 e. The standard InChI is InChI=1S/C26H24N2O3/c29-25(28-16-13-20-9-4-5-11-23(20)28)18-31-24-12-6-10-22-21(24)14-15-27(26(22)30)17-19-7-2-1-3-8-19/h1-12H,13-18H2. The Balaban J connectivity index is 1.28. The lowest BCUT2D eigenvalue weighted by molar-refractivity contribution is -0.120. The molecule has 0 aromatic heterocycles. The topological polar surface area (TPSA) is 49.9 Å². The highest BCUT2D eigenvalue weighted by atomic mass is 16.5. The molecule has 0 N–H and O–H groups in total. The highest BCUT2D eigenvalue weighted by molar-refractivity contribution is 5.98. The number of amides is 2. The van der Waals surface area contributed by atoms with Crippen LogP contribution in [0.1, 0.15) is 27.0 Å². The van der Waals surface area contributed by atoms with Crippen LogP contribution in [0.3, 0.4) is 0 Å². The van der Waals surface area contributed by atoms with E-state index in [4.69, 9.17) is 4.74 Å². The summed E-state index contributed by atoms with van der Waals surface area (Å²) in [5.41, 5.74) is 4.84. The number of hydrogen-bond acceptors (Lipinski definition) is 3. The molecule has 0 saturated carbocycles. The summed E-state index contributed by atoms with van der Waals surface area (Å²) in [6.45, 7) is 1.87. The van der Waals surface area contributed by atoms with E-state index in [1.54, 1.807) is 4.90 Å². The van der Waals surface area contributed by atoms with Crippen molar-refractivity contribution < 1.29 is 14.3 Å². The van der Waals surface area contributed by atoms with E-state index < -0.39 is 0 Å². The van der Waals surface area contributed by atoms with Crippen molar-refractivity contribution >= 4 is 17.5 Å². The van der Waals surface area contributed by atoms with Gasteiger partial charge in [0.2, 0.25) is 0 Å². The first-order chi connectivity index (χ1) is 15.2. The molecule has 2 heterocycles. The quantitative estimate of drug-likeness (QED) is 0.640. The number of nitrogens with zero attached hydrogens (tertiary/aromatic N) is 2. The van der Waals surface area contributed by atoms with Gasteiger partial charge in [0.25, 0.3) is 11.8 Å². The number of anilines is 1. The van der Waals surface area contributed by atoms with E-state index in [1.807, 2.05) is 71.6 Å². The molecule has 3 aromatic carbocycles. The molecule has 31 heavy (non-hydrogen) atoms. The van der Waals surface area contributed by atoms with Gasteiger partial charge in [-0.05, 0) is 42.2 Å². The Hall–Kier alpha value is -3.60. The maximum atomic E-state index is 13.1. The van der Waals surface area contributed by atoms with Crippen LogP contribution in [0.2, 0.25) is 0 Å². The lowest BCUT2D eigenvalue weighted by Gasteiger charge is -2.30. The highest BCUT2D eigenvalue weighted by Gasteiger charge is 2.28. The molecule has 5 nitrogen and oxygen atoms in total. The van der Waals surface area contributed by atoms with Crippen LogP contribution in [-0.4, -0.2) is 36.4 Å². The summed E-state index contributed by atoms with van der Waals surface area (Å²) >= 11 is 0. The molecule has 0 fully saturated rings. The number of carbonyl (C=O) groups excluding carboxylic acids is 2. The zero-order valence-corrected chi connectivity index (χ0v) is 17.3. The second-order valence-electron chi connectivity index (χ2n) is 7.96. The third-order valence-electron chi connectivity index (χ3n) is 6.04. The summed E-state index contributed by atoms with van der Waals surface area (Å²) in [5, 5.41) is 0. The molecule has 3 aromatic rings. The van der Waals surface area contributed by atoms with Crippen LogP contribution in [0.5, 0.6) is 5.75 Å². The van der Waals surface area contributed by atoms with Crippen molar-refractivity contribution in [2.75, 3.05) is 24.6 Å². The smallest absolute Gasteiger partial charge is 0.264 e. The molecule has 0 spiro atoms. The average Bonchev–Trinajstić information content (AvgIpc) is 3.24. The second-order valence-corrected chi connectivity index (χ2v) is 7.96. The molecule has 0 bridgehead atoms. The third-order valence-corrected chi connectivity index (χ3v) is 6.04. The first-order valence-electron chi connectivity index (χ1n) is 10.7. The molecule has 0 saturated heterocycles. The van der Waals surface area contributed by atoms with E-state index in [-0.39, 0.29) is 18.4 Å². The van der Waals surface area contributed by atoms with E-state index in [1.165, 1.54) is 5.56 Å². The second kappa shape index (κ2) is 8.26. The van der Waals surface area contributed by atoms with Gasteiger partial charge in [0, 0.05) is 36.4 Å². The molecule has 2 aliphatic rings. The number of benzene rings is 3. The van der Waals surface area contributed by atoms with Gasteiger partial charge in [-0.3, -0.25) is 9.59 Å². The van der Waals surface area contributed by atoms with Crippen LogP contribution in [0.15, 0.2) is 72.8 Å². The maximum Gasteiger partial charge on any atom is 0.264 e. The minimum atomic E-state index is -0.0598. The van der Waals surface area contributed by atoms with Crippen molar-refractivity contribution in [1.82, 2.24) is 4.90 Å². The molecular formula is C26H24N2O3. The summed E-state index contributed by atoms with van der Waals surface area (Å²) in [5.74, 6) is 0.580. The summed E-state index contributed by atoms with van der Waals surface area (Å²) < 4.78 is 5.93. The molecule has 0 atom stereocenters. The Bertz CT molecular complexity index is 1130. The van der Waals surface area contributed by atoms with Crippen molar-refractivity contribution in [3.05, 3.63) is 95.1 Å². The average molecular weight is 412 g/mol. The Kier molecular flexibility index (Phi) is 5.16. The number of fused-ring (bicyclic) bond motifs is 2. The van der Waals surface area contributed by atoms with Crippen LogP contribution in [0, 0.1) is 0 Å². The van der Waals surface area contributed by atoms with Crippen LogP contribution >= 0.6 is 0 Å². The summed E-state index contributed by atoms with van der Waals surface area (Å²) in [6.07, 6.45) is 1.58. The first kappa shape index (κ1) is 19.4. The lowest BCUT2D eigenvalue weighted by Crippen LogP contribution is -2.37. The highest BCUT2D eigenvalue weighted by Crippen LogP contribution is 2.30. The van der Waals surface area contributed by atoms with Crippen LogP contribution in [0.25, 0.3) is 0 Å². The van der Waals surface area contributed by atoms with Crippen LogP contribution in [0.4, 0.5) is 5.69 Å². The Morgan fingerprint density at radius 1 is 0.871 bits per heavy atom. The normalized spacial score (nSPS) is 14.9. The monoisotopic (exact) mass is 412 g/mol. The van der Waals surface area contributed by atoms with Crippen LogP contribution in [-0.2, 0) is 24.2 Å². The van der Waals surface area contributed by atoms with Gasteiger partial charge in [0.15, 0.2) is 6.61 Å². The number of carbonyl (C=O) groups is 2. The van der Waals surface area contributed by atoms with Crippen LogP contribution < -0.4 is 9.64 Å². The fourth-order valence-electron chi connectivity index (χ4n) is 4.45. The molecule has 0 unspecified atom stereocenters. The number of ether oxygens (including phenoxy) is 1. The largest absolute Gasteiger partial charge is 0.483 e. The van der Waals surface area contributed by atoms with Crippen molar-refractivity contribution in [2.45, 2.75) is 19.4 Å². The zero-order chi connectivity index (χ0) is 21.2. The van der Waals surface area contributed by atoms with Crippen molar-refractivity contribution in [3.63, 3.8) is 0 Å². The predicted molar refractivity (Wildman–Crippen MR) is 119 cm³/mol. The number of para-hydroxylation sites is 1. The lowest BCUT2D eigenvalue weighted by atomic mass is 9.97. The van der Waals surface area contributed by atoms with E-state index in [0.29, 0.717) is 37.4 Å². The van der Waals surface area contributed by atoms with Gasteiger partial charge in [-0.1, -0.05) is 54.6 Å². The summed E-state index contributed by atoms with van der Waals surface area (Å²) in [4.78, 5) is 29.5. The van der Waals surface area contributed by atoms with Gasteiger partial charge in [-0.2, -0.15) is 0 Å². The number of rotatable bonds is 5. The summed E-state index contributed by atoms with van der Waals surface area (Å²) in [7, 11) is 0. The Morgan fingerprint density at radius 3 is 2.55 bits per heavy atom. The van der Waals surface area contributed by atoms with Crippen molar-refractivity contribution in [2.24, 2.45) is 0 Å². The molecule has 2 amide bonds. The third kappa shape index (κ3) is 3.79. The molecule has 0 radical (unpaired) electrons. The van der Waals surface area contributed by atoms with Gasteiger partial charge in [0.1, 0.15) is 5.75 Å². The van der Waals surface area contributed by atoms with E-state index >= 15 is 0 Å². The van der Waals surface area contributed by atoms with Gasteiger partial charge in [-0.25, -0.2) is 0 Å². The molecule has 0 aliphatic carbocycles. The molecule has 5 heteroatoms. The molecule has 156 valence electrons. The SMILES string of the molecule is O=C1c2cccc(OCC(=O)N3CCc4ccccc43)c2CCN1Cc1ccccc1. The molecule has 2 aliphatic heterocycles. The van der Waals surface area contributed by atoms with Crippen molar-refractivity contribution in [3.8, 4) is 5.75 Å². The Labute approximate surface area is 181 Å². The van der Waals surface area contributed by atoms with E-state index in [0.717, 1.165) is 23.2 Å². The summed E-state index contributed by atoms with van der Waals surface area (Å²) in [6, 6.07) is 23.5. The first-order valence-corrected chi connectivity index (χ1v) is 10.7. The Morgan fingerprint density at radius 2 is 1.68 bits per heavy atom. The number of hydrogen-bond donors (Lipinski definition) is 0.